The Morgan fingerprint density at radius 2 is 1.97 bits per heavy atom. The Morgan fingerprint density at radius 1 is 1.28 bits per heavy atom. The number of hydrazone groups is 1. The molecule has 6 nitrogen and oxygen atoms in total. The summed E-state index contributed by atoms with van der Waals surface area (Å²) in [5, 5.41) is 3.13. The number of anilines is 1. The third-order valence-electron chi connectivity index (χ3n) is 3.48. The standard InChI is InChI=1S/C17H14BrClF3N3O3S/c1-29(27,28)25(13-5-6-15(19)14(8-13)17(20,21)22)10-16(26)24-23-9-11-3-2-4-12(18)7-11/h2-9H,10H2,1H3,(H,24,26)/b23-9+. The zero-order valence-electron chi connectivity index (χ0n) is 14.7. The third-order valence-corrected chi connectivity index (χ3v) is 5.45. The van der Waals surface area contributed by atoms with Crippen molar-refractivity contribution in [2.45, 2.75) is 6.18 Å². The van der Waals surface area contributed by atoms with Gasteiger partial charge in [0.1, 0.15) is 6.54 Å². The number of hydrogen-bond donors (Lipinski definition) is 1. The lowest BCUT2D eigenvalue weighted by Gasteiger charge is -2.22. The van der Waals surface area contributed by atoms with E-state index in [9.17, 15) is 26.4 Å². The third kappa shape index (κ3) is 6.72. The van der Waals surface area contributed by atoms with Crippen molar-refractivity contribution in [3.05, 3.63) is 63.1 Å². The van der Waals surface area contributed by atoms with Gasteiger partial charge >= 0.3 is 6.18 Å². The molecule has 1 N–H and O–H groups in total. The average molecular weight is 513 g/mol. The van der Waals surface area contributed by atoms with Crippen molar-refractivity contribution in [3.63, 3.8) is 0 Å². The molecule has 2 rings (SSSR count). The highest BCUT2D eigenvalue weighted by Gasteiger charge is 2.34. The first-order valence-corrected chi connectivity index (χ1v) is 10.8. The highest BCUT2D eigenvalue weighted by atomic mass is 79.9. The lowest BCUT2D eigenvalue weighted by molar-refractivity contribution is -0.137. The van der Waals surface area contributed by atoms with Crippen LogP contribution in [0, 0.1) is 0 Å². The zero-order chi connectivity index (χ0) is 21.8. The number of sulfonamides is 1. The van der Waals surface area contributed by atoms with Crippen LogP contribution in [-0.2, 0) is 21.0 Å². The van der Waals surface area contributed by atoms with Gasteiger partial charge in [-0.25, -0.2) is 13.8 Å². The van der Waals surface area contributed by atoms with E-state index in [1.165, 1.54) is 6.21 Å². The van der Waals surface area contributed by atoms with Crippen LogP contribution in [0.5, 0.6) is 0 Å². The van der Waals surface area contributed by atoms with E-state index in [0.29, 0.717) is 15.9 Å². The lowest BCUT2D eigenvalue weighted by Crippen LogP contribution is -2.39. The van der Waals surface area contributed by atoms with Gasteiger partial charge in [-0.1, -0.05) is 39.7 Å². The molecule has 0 fully saturated rings. The van der Waals surface area contributed by atoms with Gasteiger partial charge in [0.15, 0.2) is 0 Å². The van der Waals surface area contributed by atoms with Crippen molar-refractivity contribution in [2.75, 3.05) is 17.1 Å². The van der Waals surface area contributed by atoms with Crippen molar-refractivity contribution in [2.24, 2.45) is 5.10 Å². The van der Waals surface area contributed by atoms with E-state index in [0.717, 1.165) is 22.9 Å². The molecule has 2 aromatic carbocycles. The van der Waals surface area contributed by atoms with Crippen LogP contribution in [0.3, 0.4) is 0 Å². The van der Waals surface area contributed by atoms with Crippen LogP contribution >= 0.6 is 27.5 Å². The van der Waals surface area contributed by atoms with Gasteiger partial charge in [-0.2, -0.15) is 18.3 Å². The number of amides is 1. The number of carbonyl (C=O) groups is 1. The fraction of sp³-hybridized carbons (Fsp3) is 0.176. The smallest absolute Gasteiger partial charge is 0.271 e. The number of benzene rings is 2. The summed E-state index contributed by atoms with van der Waals surface area (Å²) in [7, 11) is -4.07. The molecule has 1 amide bonds. The molecule has 29 heavy (non-hydrogen) atoms. The molecule has 156 valence electrons. The van der Waals surface area contributed by atoms with Crippen LogP contribution < -0.4 is 9.73 Å². The molecule has 0 atom stereocenters. The van der Waals surface area contributed by atoms with Crippen molar-refractivity contribution in [1.82, 2.24) is 5.43 Å². The number of hydrogen-bond acceptors (Lipinski definition) is 4. The van der Waals surface area contributed by atoms with E-state index in [1.807, 2.05) is 0 Å². The maximum atomic E-state index is 13.1. The Balaban J connectivity index is 2.21. The minimum atomic E-state index is -4.78. The second-order valence-corrected chi connectivity index (χ2v) is 9.01. The summed E-state index contributed by atoms with van der Waals surface area (Å²) < 4.78 is 64.5. The van der Waals surface area contributed by atoms with Crippen molar-refractivity contribution >= 4 is 55.4 Å². The molecule has 0 radical (unpaired) electrons. The Labute approximate surface area is 178 Å². The first kappa shape index (κ1) is 23.2. The maximum Gasteiger partial charge on any atom is 0.417 e. The molecule has 0 aromatic heterocycles. The summed E-state index contributed by atoms with van der Waals surface area (Å²) >= 11 is 8.83. The minimum absolute atomic E-state index is 0.352. The molecule has 0 heterocycles. The first-order valence-electron chi connectivity index (χ1n) is 7.80. The number of rotatable bonds is 6. The van der Waals surface area contributed by atoms with Crippen molar-refractivity contribution < 1.29 is 26.4 Å². The first-order chi connectivity index (χ1) is 13.4. The van der Waals surface area contributed by atoms with Gasteiger partial charge in [0.05, 0.1) is 28.7 Å². The Bertz CT molecular complexity index is 1050. The van der Waals surface area contributed by atoms with E-state index in [2.05, 4.69) is 26.5 Å². The van der Waals surface area contributed by atoms with Gasteiger partial charge in [-0.3, -0.25) is 9.10 Å². The average Bonchev–Trinajstić information content (AvgIpc) is 2.58. The SMILES string of the molecule is CS(=O)(=O)N(CC(=O)N/N=C/c1cccc(Br)c1)c1ccc(Cl)c(C(F)(F)F)c1. The fourth-order valence-electron chi connectivity index (χ4n) is 2.22. The predicted octanol–water partition coefficient (Wildman–Crippen LogP) is 4.04. The molecule has 0 spiro atoms. The normalized spacial score (nSPS) is 12.2. The summed E-state index contributed by atoms with van der Waals surface area (Å²) in [6.45, 7) is -0.770. The minimum Gasteiger partial charge on any atom is -0.271 e. The van der Waals surface area contributed by atoms with Crippen molar-refractivity contribution in [3.8, 4) is 0 Å². The molecule has 0 aliphatic carbocycles. The second kappa shape index (κ2) is 9.14. The summed E-state index contributed by atoms with van der Waals surface area (Å²) in [6, 6.07) is 9.55. The topological polar surface area (TPSA) is 78.8 Å². The molecule has 0 saturated heterocycles. The molecule has 2 aromatic rings. The molecule has 0 aliphatic heterocycles. The van der Waals surface area contributed by atoms with E-state index >= 15 is 0 Å². The summed E-state index contributed by atoms with van der Waals surface area (Å²) in [5.74, 6) is -0.842. The quantitative estimate of drug-likeness (QED) is 0.469. The van der Waals surface area contributed by atoms with E-state index < -0.39 is 39.2 Å². The van der Waals surface area contributed by atoms with Crippen LogP contribution in [0.2, 0.25) is 5.02 Å². The van der Waals surface area contributed by atoms with Crippen molar-refractivity contribution in [1.29, 1.82) is 0 Å². The van der Waals surface area contributed by atoms with Gasteiger partial charge in [-0.15, -0.1) is 0 Å². The van der Waals surface area contributed by atoms with Crippen LogP contribution in [0.25, 0.3) is 0 Å². The van der Waals surface area contributed by atoms with Gasteiger partial charge in [0, 0.05) is 4.47 Å². The molecule has 0 bridgehead atoms. The summed E-state index contributed by atoms with van der Waals surface area (Å²) in [6.07, 6.45) is -2.68. The van der Waals surface area contributed by atoms with E-state index in [-0.39, 0.29) is 5.69 Å². The van der Waals surface area contributed by atoms with Crippen LogP contribution in [0.1, 0.15) is 11.1 Å². The highest BCUT2D eigenvalue weighted by molar-refractivity contribution is 9.10. The Hall–Kier alpha value is -2.11. The lowest BCUT2D eigenvalue weighted by atomic mass is 10.2. The molecule has 0 unspecified atom stereocenters. The van der Waals surface area contributed by atoms with Crippen LogP contribution in [-0.4, -0.2) is 33.3 Å². The van der Waals surface area contributed by atoms with Crippen LogP contribution in [0.15, 0.2) is 52.0 Å². The molecular formula is C17H14BrClF3N3O3S. The predicted molar refractivity (Wildman–Crippen MR) is 109 cm³/mol. The largest absolute Gasteiger partial charge is 0.417 e. The van der Waals surface area contributed by atoms with Crippen LogP contribution in [0.4, 0.5) is 18.9 Å². The molecule has 0 saturated carbocycles. The fourth-order valence-corrected chi connectivity index (χ4v) is 3.71. The highest BCUT2D eigenvalue weighted by Crippen LogP contribution is 2.37. The van der Waals surface area contributed by atoms with Gasteiger partial charge in [0.25, 0.3) is 5.91 Å². The Morgan fingerprint density at radius 3 is 2.55 bits per heavy atom. The number of alkyl halides is 3. The number of nitrogens with zero attached hydrogens (tertiary/aromatic N) is 2. The van der Waals surface area contributed by atoms with E-state index in [4.69, 9.17) is 11.6 Å². The summed E-state index contributed by atoms with van der Waals surface area (Å²) in [5.41, 5.74) is 1.24. The molecular weight excluding hydrogens is 499 g/mol. The molecule has 0 aliphatic rings. The second-order valence-electron chi connectivity index (χ2n) is 5.78. The molecule has 12 heteroatoms. The van der Waals surface area contributed by atoms with E-state index in [1.54, 1.807) is 24.3 Å². The zero-order valence-corrected chi connectivity index (χ0v) is 17.9. The summed E-state index contributed by atoms with van der Waals surface area (Å²) in [4.78, 5) is 12.1. The number of halogens is 5. The monoisotopic (exact) mass is 511 g/mol. The number of carbonyl (C=O) groups excluding carboxylic acids is 1. The maximum absolute atomic E-state index is 13.1. The van der Waals surface area contributed by atoms with Gasteiger partial charge in [-0.05, 0) is 35.9 Å². The number of nitrogens with one attached hydrogen (secondary N) is 1. The van der Waals surface area contributed by atoms with Gasteiger partial charge < -0.3 is 0 Å². The Kier molecular flexibility index (Phi) is 7.30. The van der Waals surface area contributed by atoms with Gasteiger partial charge in [0.2, 0.25) is 10.0 Å².